The molecule has 0 aliphatic heterocycles. The summed E-state index contributed by atoms with van der Waals surface area (Å²) in [6.45, 7) is 5.75. The number of unbranched alkanes of at least 4 members (excludes halogenated alkanes) is 2. The molecule has 0 saturated carbocycles. The first kappa shape index (κ1) is 14.8. The van der Waals surface area contributed by atoms with E-state index in [0.717, 1.165) is 24.4 Å². The lowest BCUT2D eigenvalue weighted by Crippen LogP contribution is -2.29. The van der Waals surface area contributed by atoms with E-state index in [1.54, 1.807) is 0 Å². The molecule has 2 N–H and O–H groups in total. The molecule has 0 spiro atoms. The second kappa shape index (κ2) is 8.75. The summed E-state index contributed by atoms with van der Waals surface area (Å²) >= 11 is 5.23. The third kappa shape index (κ3) is 5.87. The van der Waals surface area contributed by atoms with Crippen LogP contribution in [0, 0.1) is 0 Å². The third-order valence-electron chi connectivity index (χ3n) is 2.47. The number of benzene rings is 1. The molecule has 0 aliphatic carbocycles. The normalized spacial score (nSPS) is 9.89. The Morgan fingerprint density at radius 2 is 2.11 bits per heavy atom. The van der Waals surface area contributed by atoms with Crippen molar-refractivity contribution in [3.63, 3.8) is 0 Å². The van der Waals surface area contributed by atoms with Crippen molar-refractivity contribution >= 4 is 23.0 Å². The molecule has 0 atom stereocenters. The summed E-state index contributed by atoms with van der Waals surface area (Å²) in [6.07, 6.45) is 3.60. The molecule has 0 saturated heterocycles. The molecule has 0 heterocycles. The lowest BCUT2D eigenvalue weighted by atomic mass is 10.2. The molecule has 1 aromatic carbocycles. The van der Waals surface area contributed by atoms with Gasteiger partial charge in [0.15, 0.2) is 5.11 Å². The summed E-state index contributed by atoms with van der Waals surface area (Å²) in [5.74, 6) is 0.858. The Hall–Kier alpha value is -1.29. The van der Waals surface area contributed by atoms with Gasteiger partial charge in [-0.2, -0.15) is 0 Å². The van der Waals surface area contributed by atoms with Crippen LogP contribution in [0.25, 0.3) is 0 Å². The smallest absolute Gasteiger partial charge is 0.170 e. The Kier molecular flexibility index (Phi) is 7.18. The van der Waals surface area contributed by atoms with Gasteiger partial charge in [-0.15, -0.1) is 0 Å². The lowest BCUT2D eigenvalue weighted by molar-refractivity contribution is 0.340. The standard InChI is InChI=1S/C14H22N2OS/c1-3-5-6-10-15-14(18)16-12-8-7-9-13(11-12)17-4-2/h7-9,11H,3-6,10H2,1-2H3,(H2,15,16,18). The highest BCUT2D eigenvalue weighted by Gasteiger charge is 1.99. The van der Waals surface area contributed by atoms with Crippen LogP contribution < -0.4 is 15.4 Å². The SMILES string of the molecule is CCCCCNC(=S)Nc1cccc(OCC)c1. The molecule has 0 unspecified atom stereocenters. The van der Waals surface area contributed by atoms with Crippen molar-refractivity contribution in [1.82, 2.24) is 5.32 Å². The predicted octanol–water partition coefficient (Wildman–Crippen LogP) is 3.56. The molecular weight excluding hydrogens is 244 g/mol. The summed E-state index contributed by atoms with van der Waals surface area (Å²) in [5.41, 5.74) is 0.953. The van der Waals surface area contributed by atoms with Gasteiger partial charge in [0, 0.05) is 18.3 Å². The second-order valence-corrected chi connectivity index (χ2v) is 4.46. The zero-order chi connectivity index (χ0) is 13.2. The summed E-state index contributed by atoms with van der Waals surface area (Å²) in [6, 6.07) is 7.81. The van der Waals surface area contributed by atoms with Crippen LogP contribution in [-0.2, 0) is 0 Å². The van der Waals surface area contributed by atoms with Crippen molar-refractivity contribution in [2.24, 2.45) is 0 Å². The first-order valence-corrected chi connectivity index (χ1v) is 6.94. The Balaban J connectivity index is 2.36. The molecule has 3 nitrogen and oxygen atoms in total. The van der Waals surface area contributed by atoms with E-state index in [2.05, 4.69) is 17.6 Å². The predicted molar refractivity (Wildman–Crippen MR) is 81.4 cm³/mol. The number of hydrogen-bond donors (Lipinski definition) is 2. The largest absolute Gasteiger partial charge is 0.494 e. The second-order valence-electron chi connectivity index (χ2n) is 4.05. The third-order valence-corrected chi connectivity index (χ3v) is 2.72. The minimum atomic E-state index is 0.666. The van der Waals surface area contributed by atoms with Crippen molar-refractivity contribution < 1.29 is 4.74 Å². The van der Waals surface area contributed by atoms with Crippen molar-refractivity contribution in [3.8, 4) is 5.75 Å². The van der Waals surface area contributed by atoms with Gasteiger partial charge in [-0.25, -0.2) is 0 Å². The van der Waals surface area contributed by atoms with E-state index in [0.29, 0.717) is 11.7 Å². The Labute approximate surface area is 115 Å². The van der Waals surface area contributed by atoms with Gasteiger partial charge >= 0.3 is 0 Å². The molecule has 100 valence electrons. The van der Waals surface area contributed by atoms with Crippen LogP contribution in [0.2, 0.25) is 0 Å². The summed E-state index contributed by atoms with van der Waals surface area (Å²) in [7, 11) is 0. The quantitative estimate of drug-likeness (QED) is 0.584. The number of ether oxygens (including phenoxy) is 1. The highest BCUT2D eigenvalue weighted by atomic mass is 32.1. The van der Waals surface area contributed by atoms with E-state index >= 15 is 0 Å². The van der Waals surface area contributed by atoms with Crippen molar-refractivity contribution in [1.29, 1.82) is 0 Å². The van der Waals surface area contributed by atoms with Crippen LogP contribution in [-0.4, -0.2) is 18.3 Å². The van der Waals surface area contributed by atoms with Crippen LogP contribution in [0.1, 0.15) is 33.1 Å². The minimum absolute atomic E-state index is 0.666. The van der Waals surface area contributed by atoms with Crippen LogP contribution >= 0.6 is 12.2 Å². The minimum Gasteiger partial charge on any atom is -0.494 e. The van der Waals surface area contributed by atoms with E-state index in [1.807, 2.05) is 31.2 Å². The molecule has 0 radical (unpaired) electrons. The average Bonchev–Trinajstić information content (AvgIpc) is 2.35. The van der Waals surface area contributed by atoms with Gasteiger partial charge in [0.25, 0.3) is 0 Å². The number of nitrogens with one attached hydrogen (secondary N) is 2. The summed E-state index contributed by atoms with van der Waals surface area (Å²) < 4.78 is 5.44. The fourth-order valence-electron chi connectivity index (χ4n) is 1.58. The van der Waals surface area contributed by atoms with Crippen LogP contribution in [0.15, 0.2) is 24.3 Å². The maximum Gasteiger partial charge on any atom is 0.170 e. The fourth-order valence-corrected chi connectivity index (χ4v) is 1.80. The molecule has 18 heavy (non-hydrogen) atoms. The number of anilines is 1. The highest BCUT2D eigenvalue weighted by Crippen LogP contribution is 2.17. The Morgan fingerprint density at radius 1 is 1.28 bits per heavy atom. The molecule has 1 rings (SSSR count). The van der Waals surface area contributed by atoms with Crippen LogP contribution in [0.3, 0.4) is 0 Å². The number of rotatable bonds is 7. The van der Waals surface area contributed by atoms with E-state index in [1.165, 1.54) is 12.8 Å². The topological polar surface area (TPSA) is 33.3 Å². The van der Waals surface area contributed by atoms with Gasteiger partial charge in [-0.3, -0.25) is 0 Å². The van der Waals surface area contributed by atoms with Gasteiger partial charge in [-0.1, -0.05) is 25.8 Å². The monoisotopic (exact) mass is 266 g/mol. The van der Waals surface area contributed by atoms with Gasteiger partial charge in [0.1, 0.15) is 5.75 Å². The number of thiocarbonyl (C=S) groups is 1. The lowest BCUT2D eigenvalue weighted by Gasteiger charge is -2.11. The molecule has 0 aromatic heterocycles. The summed E-state index contributed by atoms with van der Waals surface area (Å²) in [4.78, 5) is 0. The first-order chi connectivity index (χ1) is 8.76. The molecule has 0 fully saturated rings. The van der Waals surface area contributed by atoms with Gasteiger partial charge in [0.2, 0.25) is 0 Å². The molecule has 4 heteroatoms. The molecule has 0 aliphatic rings. The Bertz CT molecular complexity index is 369. The molecular formula is C14H22N2OS. The maximum atomic E-state index is 5.44. The first-order valence-electron chi connectivity index (χ1n) is 6.54. The van der Waals surface area contributed by atoms with E-state index in [9.17, 15) is 0 Å². The molecule has 0 amide bonds. The maximum absolute atomic E-state index is 5.44. The summed E-state index contributed by atoms with van der Waals surface area (Å²) in [5, 5.41) is 7.02. The number of hydrogen-bond acceptors (Lipinski definition) is 2. The van der Waals surface area contributed by atoms with Gasteiger partial charge in [0.05, 0.1) is 6.61 Å². The zero-order valence-corrected chi connectivity index (χ0v) is 12.0. The van der Waals surface area contributed by atoms with Crippen molar-refractivity contribution in [3.05, 3.63) is 24.3 Å². The fraction of sp³-hybridized carbons (Fsp3) is 0.500. The molecule has 1 aromatic rings. The zero-order valence-electron chi connectivity index (χ0n) is 11.2. The van der Waals surface area contributed by atoms with Crippen LogP contribution in [0.5, 0.6) is 5.75 Å². The van der Waals surface area contributed by atoms with E-state index < -0.39 is 0 Å². The Morgan fingerprint density at radius 3 is 2.83 bits per heavy atom. The average molecular weight is 266 g/mol. The molecule has 0 bridgehead atoms. The highest BCUT2D eigenvalue weighted by molar-refractivity contribution is 7.80. The van der Waals surface area contributed by atoms with Crippen LogP contribution in [0.4, 0.5) is 5.69 Å². The van der Waals surface area contributed by atoms with Gasteiger partial charge < -0.3 is 15.4 Å². The van der Waals surface area contributed by atoms with Gasteiger partial charge in [-0.05, 0) is 37.7 Å². The van der Waals surface area contributed by atoms with E-state index in [4.69, 9.17) is 17.0 Å². The van der Waals surface area contributed by atoms with Crippen molar-refractivity contribution in [2.45, 2.75) is 33.1 Å². The van der Waals surface area contributed by atoms with Crippen molar-refractivity contribution in [2.75, 3.05) is 18.5 Å². The van der Waals surface area contributed by atoms with E-state index in [-0.39, 0.29) is 0 Å².